The number of aromatic nitrogens is 2. The average Bonchev–Trinajstić information content (AvgIpc) is 2.27. The van der Waals surface area contributed by atoms with E-state index in [1.165, 1.54) is 0 Å². The number of primary amides is 1. The van der Waals surface area contributed by atoms with E-state index in [0.29, 0.717) is 24.1 Å². The summed E-state index contributed by atoms with van der Waals surface area (Å²) >= 11 is 4.86. The fourth-order valence-corrected chi connectivity index (χ4v) is 1.60. The highest BCUT2D eigenvalue weighted by Crippen LogP contribution is 2.10. The van der Waals surface area contributed by atoms with Crippen LogP contribution in [0, 0.1) is 5.92 Å². The molecule has 0 fully saturated rings. The second kappa shape index (κ2) is 6.25. The van der Waals surface area contributed by atoms with Gasteiger partial charge in [0, 0.05) is 12.7 Å². The van der Waals surface area contributed by atoms with E-state index in [4.69, 9.17) is 23.7 Å². The summed E-state index contributed by atoms with van der Waals surface area (Å²) in [4.78, 5) is 21.3. The number of rotatable bonds is 6. The quantitative estimate of drug-likeness (QED) is 0.707. The van der Waals surface area contributed by atoms with Gasteiger partial charge in [-0.05, 0) is 12.0 Å². The summed E-state index contributed by atoms with van der Waals surface area (Å²) in [6.45, 7) is 4.76. The third-order valence-corrected chi connectivity index (χ3v) is 2.32. The van der Waals surface area contributed by atoms with Gasteiger partial charge in [-0.1, -0.05) is 26.1 Å². The fraction of sp³-hybridized carbons (Fsp3) is 0.455. The number of amides is 1. The average molecular weight is 267 g/mol. The molecule has 98 valence electrons. The number of nitrogens with zero attached hydrogens (tertiary/aromatic N) is 3. The van der Waals surface area contributed by atoms with E-state index < -0.39 is 5.91 Å². The van der Waals surface area contributed by atoms with E-state index in [2.05, 4.69) is 9.97 Å². The summed E-state index contributed by atoms with van der Waals surface area (Å²) in [6.07, 6.45) is 1.56. The van der Waals surface area contributed by atoms with Crippen LogP contribution in [0.4, 0.5) is 5.95 Å². The molecule has 0 aliphatic heterocycles. The SMILES string of the molecule is CC(C)CN(CC(N)=O)c1nccc(C(N)=S)n1. The number of thiocarbonyl (C=S) groups is 1. The molecule has 0 aliphatic rings. The first-order chi connectivity index (χ1) is 8.40. The highest BCUT2D eigenvalue weighted by molar-refractivity contribution is 7.80. The lowest BCUT2D eigenvalue weighted by Crippen LogP contribution is -2.37. The Morgan fingerprint density at radius 2 is 2.17 bits per heavy atom. The van der Waals surface area contributed by atoms with Crippen molar-refractivity contribution in [2.45, 2.75) is 13.8 Å². The van der Waals surface area contributed by atoms with Crippen LogP contribution in [-0.2, 0) is 4.79 Å². The Morgan fingerprint density at radius 1 is 1.50 bits per heavy atom. The standard InChI is InChI=1S/C11H17N5OS/c1-7(2)5-16(6-9(12)17)11-14-4-3-8(15-11)10(13)18/h3-4,7H,5-6H2,1-2H3,(H2,12,17)(H2,13,18). The van der Waals surface area contributed by atoms with Gasteiger partial charge in [0.05, 0.1) is 6.54 Å². The van der Waals surface area contributed by atoms with E-state index in [-0.39, 0.29) is 11.5 Å². The van der Waals surface area contributed by atoms with Gasteiger partial charge in [0.25, 0.3) is 0 Å². The maximum Gasteiger partial charge on any atom is 0.237 e. The Morgan fingerprint density at radius 3 is 2.67 bits per heavy atom. The summed E-state index contributed by atoms with van der Waals surface area (Å²) < 4.78 is 0. The van der Waals surface area contributed by atoms with Crippen LogP contribution in [0.3, 0.4) is 0 Å². The van der Waals surface area contributed by atoms with Crippen molar-refractivity contribution < 1.29 is 4.79 Å². The van der Waals surface area contributed by atoms with Crippen LogP contribution in [0.5, 0.6) is 0 Å². The van der Waals surface area contributed by atoms with Crippen molar-refractivity contribution in [2.24, 2.45) is 17.4 Å². The Bertz CT molecular complexity index is 449. The summed E-state index contributed by atoms with van der Waals surface area (Å²) in [5.41, 5.74) is 11.2. The second-order valence-electron chi connectivity index (χ2n) is 4.35. The second-order valence-corrected chi connectivity index (χ2v) is 4.79. The molecule has 1 amide bonds. The minimum absolute atomic E-state index is 0.0684. The van der Waals surface area contributed by atoms with Crippen molar-refractivity contribution in [3.8, 4) is 0 Å². The van der Waals surface area contributed by atoms with Gasteiger partial charge < -0.3 is 16.4 Å². The lowest BCUT2D eigenvalue weighted by atomic mass is 10.2. The molecule has 0 unspecified atom stereocenters. The summed E-state index contributed by atoms with van der Waals surface area (Å²) in [7, 11) is 0. The Kier molecular flexibility index (Phi) is 4.96. The van der Waals surface area contributed by atoms with Crippen LogP contribution < -0.4 is 16.4 Å². The molecule has 7 heteroatoms. The van der Waals surface area contributed by atoms with Gasteiger partial charge in [-0.2, -0.15) is 0 Å². The summed E-state index contributed by atoms with van der Waals surface area (Å²) in [5, 5.41) is 0. The van der Waals surface area contributed by atoms with Crippen LogP contribution in [0.2, 0.25) is 0 Å². The Hall–Kier alpha value is -1.76. The van der Waals surface area contributed by atoms with Crippen LogP contribution in [-0.4, -0.2) is 34.0 Å². The molecule has 0 bridgehead atoms. The van der Waals surface area contributed by atoms with Crippen molar-refractivity contribution >= 4 is 29.1 Å². The minimum atomic E-state index is -0.431. The molecular weight excluding hydrogens is 250 g/mol. The van der Waals surface area contributed by atoms with Crippen LogP contribution in [0.15, 0.2) is 12.3 Å². The summed E-state index contributed by atoms with van der Waals surface area (Å²) in [5.74, 6) is 0.328. The van der Waals surface area contributed by atoms with E-state index in [9.17, 15) is 4.79 Å². The smallest absolute Gasteiger partial charge is 0.237 e. The Labute approximate surface area is 111 Å². The molecule has 4 N–H and O–H groups in total. The zero-order chi connectivity index (χ0) is 13.7. The van der Waals surface area contributed by atoms with Crippen molar-refractivity contribution in [3.63, 3.8) is 0 Å². The topological polar surface area (TPSA) is 98.1 Å². The van der Waals surface area contributed by atoms with E-state index in [1.54, 1.807) is 17.2 Å². The maximum atomic E-state index is 11.1. The molecule has 0 atom stereocenters. The molecule has 18 heavy (non-hydrogen) atoms. The molecule has 0 spiro atoms. The molecule has 0 saturated carbocycles. The normalized spacial score (nSPS) is 10.4. The number of carbonyl (C=O) groups excluding carboxylic acids is 1. The zero-order valence-electron chi connectivity index (χ0n) is 10.5. The molecule has 0 aliphatic carbocycles. The van der Waals surface area contributed by atoms with Gasteiger partial charge in [-0.3, -0.25) is 4.79 Å². The van der Waals surface area contributed by atoms with E-state index in [1.807, 2.05) is 13.8 Å². The van der Waals surface area contributed by atoms with Gasteiger partial charge in [0.2, 0.25) is 11.9 Å². The fourth-order valence-electron chi connectivity index (χ4n) is 1.48. The first-order valence-electron chi connectivity index (χ1n) is 5.56. The maximum absolute atomic E-state index is 11.1. The third-order valence-electron chi connectivity index (χ3n) is 2.11. The third kappa shape index (κ3) is 4.25. The predicted molar refractivity (Wildman–Crippen MR) is 74.2 cm³/mol. The highest BCUT2D eigenvalue weighted by Gasteiger charge is 2.14. The number of anilines is 1. The highest BCUT2D eigenvalue weighted by atomic mass is 32.1. The molecular formula is C11H17N5OS. The lowest BCUT2D eigenvalue weighted by molar-refractivity contribution is -0.116. The number of nitrogens with two attached hydrogens (primary N) is 2. The predicted octanol–water partition coefficient (Wildman–Crippen LogP) is 0.0585. The van der Waals surface area contributed by atoms with Crippen LogP contribution in [0.25, 0.3) is 0 Å². The van der Waals surface area contributed by atoms with Gasteiger partial charge >= 0.3 is 0 Å². The number of hydrogen-bond donors (Lipinski definition) is 2. The van der Waals surface area contributed by atoms with Gasteiger partial charge in [-0.25, -0.2) is 9.97 Å². The van der Waals surface area contributed by atoms with E-state index in [0.717, 1.165) is 0 Å². The first kappa shape index (κ1) is 14.3. The largest absolute Gasteiger partial charge is 0.388 e. The molecule has 1 rings (SSSR count). The van der Waals surface area contributed by atoms with Crippen LogP contribution in [0.1, 0.15) is 19.5 Å². The molecule has 0 aromatic carbocycles. The molecule has 0 radical (unpaired) electrons. The van der Waals surface area contributed by atoms with Gasteiger partial charge in [-0.15, -0.1) is 0 Å². The molecule has 1 aromatic rings. The minimum Gasteiger partial charge on any atom is -0.388 e. The monoisotopic (exact) mass is 267 g/mol. The summed E-state index contributed by atoms with van der Waals surface area (Å²) in [6, 6.07) is 1.63. The van der Waals surface area contributed by atoms with Gasteiger partial charge in [0.15, 0.2) is 0 Å². The van der Waals surface area contributed by atoms with Gasteiger partial charge in [0.1, 0.15) is 10.7 Å². The first-order valence-corrected chi connectivity index (χ1v) is 5.97. The van der Waals surface area contributed by atoms with Crippen LogP contribution >= 0.6 is 12.2 Å². The molecule has 1 aromatic heterocycles. The molecule has 1 heterocycles. The lowest BCUT2D eigenvalue weighted by Gasteiger charge is -2.23. The van der Waals surface area contributed by atoms with Crippen molar-refractivity contribution in [1.82, 2.24) is 9.97 Å². The number of hydrogen-bond acceptors (Lipinski definition) is 5. The van der Waals surface area contributed by atoms with Crippen molar-refractivity contribution in [3.05, 3.63) is 18.0 Å². The van der Waals surface area contributed by atoms with Crippen molar-refractivity contribution in [2.75, 3.05) is 18.0 Å². The zero-order valence-corrected chi connectivity index (χ0v) is 11.3. The van der Waals surface area contributed by atoms with Crippen molar-refractivity contribution in [1.29, 1.82) is 0 Å². The molecule has 0 saturated heterocycles. The Balaban J connectivity index is 3.00. The molecule has 6 nitrogen and oxygen atoms in total. The van der Waals surface area contributed by atoms with E-state index >= 15 is 0 Å². The number of carbonyl (C=O) groups is 1.